The van der Waals surface area contributed by atoms with Crippen molar-refractivity contribution >= 4 is 23.5 Å². The largest absolute Gasteiger partial charge is 0.382 e. The second-order valence-corrected chi connectivity index (χ2v) is 5.10. The first kappa shape index (κ1) is 13.8. The van der Waals surface area contributed by atoms with Gasteiger partial charge in [0.1, 0.15) is 5.82 Å². The Morgan fingerprint density at radius 1 is 1.53 bits per heavy atom. The van der Waals surface area contributed by atoms with Crippen molar-refractivity contribution in [3.05, 3.63) is 17.8 Å². The summed E-state index contributed by atoms with van der Waals surface area (Å²) in [6, 6.07) is 3.28. The highest BCUT2D eigenvalue weighted by atomic mass is 32.2. The zero-order chi connectivity index (χ0) is 12.7. The van der Waals surface area contributed by atoms with Gasteiger partial charge in [-0.15, -0.1) is 10.2 Å². The molecule has 6 heteroatoms. The minimum absolute atomic E-state index is 0.140. The zero-order valence-electron chi connectivity index (χ0n) is 10.1. The minimum Gasteiger partial charge on any atom is -0.382 e. The Morgan fingerprint density at radius 2 is 2.29 bits per heavy atom. The van der Waals surface area contributed by atoms with Crippen molar-refractivity contribution in [2.45, 2.75) is 26.3 Å². The van der Waals surface area contributed by atoms with Crippen LogP contribution in [0.5, 0.6) is 0 Å². The second-order valence-electron chi connectivity index (χ2n) is 3.70. The molecular weight excluding hydrogens is 236 g/mol. The van der Waals surface area contributed by atoms with E-state index in [1.807, 2.05) is 18.7 Å². The number of nitrogens with one attached hydrogen (secondary N) is 1. The molecule has 3 N–H and O–H groups in total. The molecule has 1 unspecified atom stereocenters. The number of rotatable bonds is 6. The predicted octanol–water partition coefficient (Wildman–Crippen LogP) is 1.32. The van der Waals surface area contributed by atoms with Crippen molar-refractivity contribution < 1.29 is 4.79 Å². The fraction of sp³-hybridized carbons (Fsp3) is 0.545. The number of hydrogen-bond donors (Lipinski definition) is 2. The van der Waals surface area contributed by atoms with Gasteiger partial charge < -0.3 is 11.1 Å². The lowest BCUT2D eigenvalue weighted by Crippen LogP contribution is -2.33. The first-order valence-electron chi connectivity index (χ1n) is 5.61. The van der Waals surface area contributed by atoms with Crippen LogP contribution in [0.25, 0.3) is 0 Å². The smallest absolute Gasteiger partial charge is 0.272 e. The highest BCUT2D eigenvalue weighted by molar-refractivity contribution is 7.99. The van der Waals surface area contributed by atoms with E-state index in [4.69, 9.17) is 5.73 Å². The normalized spacial score (nSPS) is 12.1. The van der Waals surface area contributed by atoms with Crippen LogP contribution in [0.3, 0.4) is 0 Å². The summed E-state index contributed by atoms with van der Waals surface area (Å²) in [6.07, 6.45) is 0.951. The van der Waals surface area contributed by atoms with Gasteiger partial charge in [-0.05, 0) is 37.0 Å². The Kier molecular flexibility index (Phi) is 5.76. The Balaban J connectivity index is 2.40. The van der Waals surface area contributed by atoms with Crippen molar-refractivity contribution in [3.63, 3.8) is 0 Å². The van der Waals surface area contributed by atoms with Crippen LogP contribution in [-0.4, -0.2) is 33.7 Å². The van der Waals surface area contributed by atoms with Crippen LogP contribution >= 0.6 is 11.8 Å². The molecule has 0 radical (unpaired) electrons. The number of nitrogens with zero attached hydrogens (tertiary/aromatic N) is 2. The molecule has 0 bridgehead atoms. The van der Waals surface area contributed by atoms with Crippen LogP contribution in [0.4, 0.5) is 5.82 Å². The highest BCUT2D eigenvalue weighted by Gasteiger charge is 2.11. The molecule has 0 saturated carbocycles. The number of hydrogen-bond acceptors (Lipinski definition) is 5. The summed E-state index contributed by atoms with van der Waals surface area (Å²) in [4.78, 5) is 11.7. The van der Waals surface area contributed by atoms with Gasteiger partial charge in [0.05, 0.1) is 0 Å². The monoisotopic (exact) mass is 254 g/mol. The Hall–Kier alpha value is -1.30. The van der Waals surface area contributed by atoms with Gasteiger partial charge >= 0.3 is 0 Å². The highest BCUT2D eigenvalue weighted by Crippen LogP contribution is 2.04. The lowest BCUT2D eigenvalue weighted by Gasteiger charge is -2.12. The third kappa shape index (κ3) is 5.04. The van der Waals surface area contributed by atoms with Crippen molar-refractivity contribution in [1.82, 2.24) is 15.5 Å². The van der Waals surface area contributed by atoms with Gasteiger partial charge in [-0.25, -0.2) is 0 Å². The molecule has 5 nitrogen and oxygen atoms in total. The molecule has 1 aromatic heterocycles. The van der Waals surface area contributed by atoms with Gasteiger partial charge in [-0.1, -0.05) is 6.92 Å². The zero-order valence-corrected chi connectivity index (χ0v) is 11.0. The maximum Gasteiger partial charge on any atom is 0.272 e. The van der Waals surface area contributed by atoms with E-state index in [-0.39, 0.29) is 11.9 Å². The molecular formula is C11H18N4OS. The fourth-order valence-corrected chi connectivity index (χ4v) is 2.05. The Labute approximate surface area is 106 Å². The van der Waals surface area contributed by atoms with Crippen LogP contribution in [0.2, 0.25) is 0 Å². The molecule has 0 saturated heterocycles. The first-order valence-corrected chi connectivity index (χ1v) is 6.76. The average Bonchev–Trinajstić information content (AvgIpc) is 2.30. The fourth-order valence-electron chi connectivity index (χ4n) is 1.24. The van der Waals surface area contributed by atoms with Crippen LogP contribution in [0.15, 0.2) is 12.1 Å². The Morgan fingerprint density at radius 3 is 2.88 bits per heavy atom. The summed E-state index contributed by atoms with van der Waals surface area (Å²) in [6.45, 7) is 4.11. The maximum absolute atomic E-state index is 11.7. The van der Waals surface area contributed by atoms with Crippen molar-refractivity contribution in [3.8, 4) is 0 Å². The van der Waals surface area contributed by atoms with Gasteiger partial charge in [0.15, 0.2) is 5.69 Å². The van der Waals surface area contributed by atoms with E-state index >= 15 is 0 Å². The van der Waals surface area contributed by atoms with Crippen molar-refractivity contribution in [1.29, 1.82) is 0 Å². The van der Waals surface area contributed by atoms with Gasteiger partial charge in [0, 0.05) is 6.04 Å². The number of nitrogen functional groups attached to an aromatic ring is 1. The first-order chi connectivity index (χ1) is 8.13. The van der Waals surface area contributed by atoms with E-state index < -0.39 is 0 Å². The number of amides is 1. The molecule has 0 aliphatic rings. The van der Waals surface area contributed by atoms with E-state index in [0.29, 0.717) is 11.5 Å². The molecule has 1 aromatic rings. The van der Waals surface area contributed by atoms with E-state index in [1.54, 1.807) is 12.1 Å². The maximum atomic E-state index is 11.7. The molecule has 0 spiro atoms. The average molecular weight is 254 g/mol. The van der Waals surface area contributed by atoms with E-state index in [9.17, 15) is 4.79 Å². The van der Waals surface area contributed by atoms with Crippen LogP contribution in [-0.2, 0) is 0 Å². The number of carbonyl (C=O) groups is 1. The van der Waals surface area contributed by atoms with Gasteiger partial charge in [0.2, 0.25) is 0 Å². The number of nitrogens with two attached hydrogens (primary N) is 1. The van der Waals surface area contributed by atoms with E-state index in [2.05, 4.69) is 22.4 Å². The summed E-state index contributed by atoms with van der Waals surface area (Å²) in [5, 5.41) is 10.3. The standard InChI is InChI=1S/C11H18N4OS/c1-3-17-7-6-8(2)13-11(16)9-4-5-10(12)15-14-9/h4-5,8H,3,6-7H2,1-2H3,(H2,12,15)(H,13,16). The second kappa shape index (κ2) is 7.11. The van der Waals surface area contributed by atoms with Gasteiger partial charge in [-0.3, -0.25) is 4.79 Å². The lowest BCUT2D eigenvalue weighted by molar-refractivity contribution is 0.0933. The molecule has 0 aromatic carbocycles. The molecule has 94 valence electrons. The molecule has 1 amide bonds. The summed E-state index contributed by atoms with van der Waals surface area (Å²) >= 11 is 1.87. The number of aromatic nitrogens is 2. The molecule has 1 heterocycles. The topological polar surface area (TPSA) is 80.9 Å². The third-order valence-electron chi connectivity index (χ3n) is 2.19. The lowest BCUT2D eigenvalue weighted by atomic mass is 10.2. The van der Waals surface area contributed by atoms with E-state index in [1.165, 1.54) is 0 Å². The summed E-state index contributed by atoms with van der Waals surface area (Å²) in [5.74, 6) is 2.26. The Bertz CT molecular complexity index is 355. The molecule has 0 aliphatic heterocycles. The van der Waals surface area contributed by atoms with Crippen molar-refractivity contribution in [2.24, 2.45) is 0 Å². The van der Waals surface area contributed by atoms with Crippen LogP contribution < -0.4 is 11.1 Å². The molecule has 0 fully saturated rings. The van der Waals surface area contributed by atoms with Crippen LogP contribution in [0.1, 0.15) is 30.8 Å². The molecule has 1 atom stereocenters. The van der Waals surface area contributed by atoms with E-state index in [0.717, 1.165) is 17.9 Å². The van der Waals surface area contributed by atoms with Crippen molar-refractivity contribution in [2.75, 3.05) is 17.2 Å². The summed E-state index contributed by atoms with van der Waals surface area (Å²) < 4.78 is 0. The number of thioether (sulfide) groups is 1. The third-order valence-corrected chi connectivity index (χ3v) is 3.13. The number of carbonyl (C=O) groups excluding carboxylic acids is 1. The number of anilines is 1. The summed E-state index contributed by atoms with van der Waals surface area (Å²) in [7, 11) is 0. The van der Waals surface area contributed by atoms with Crippen LogP contribution in [0, 0.1) is 0 Å². The molecule has 0 aliphatic carbocycles. The molecule has 17 heavy (non-hydrogen) atoms. The predicted molar refractivity (Wildman–Crippen MR) is 71.0 cm³/mol. The quantitative estimate of drug-likeness (QED) is 0.748. The SMILES string of the molecule is CCSCCC(C)NC(=O)c1ccc(N)nn1. The van der Waals surface area contributed by atoms with Gasteiger partial charge in [-0.2, -0.15) is 11.8 Å². The molecule has 1 rings (SSSR count). The van der Waals surface area contributed by atoms with Gasteiger partial charge in [0.25, 0.3) is 5.91 Å². The summed E-state index contributed by atoms with van der Waals surface area (Å²) in [5.41, 5.74) is 5.70. The minimum atomic E-state index is -0.202.